The first-order valence-electron chi connectivity index (χ1n) is 10.4. The third-order valence-corrected chi connectivity index (χ3v) is 7.09. The molecule has 1 aromatic heterocycles. The first kappa shape index (κ1) is 21.0. The van der Waals surface area contributed by atoms with Crippen LogP contribution in [0.25, 0.3) is 10.4 Å². The monoisotopic (exact) mass is 468 g/mol. The fourth-order valence-corrected chi connectivity index (χ4v) is 5.20. The number of thiophene rings is 1. The number of para-hydroxylation sites is 1. The van der Waals surface area contributed by atoms with Crippen molar-refractivity contribution in [2.45, 2.75) is 6.42 Å². The van der Waals surface area contributed by atoms with Crippen LogP contribution in [0, 0.1) is 0 Å². The summed E-state index contributed by atoms with van der Waals surface area (Å²) in [5, 5.41) is 3.38. The summed E-state index contributed by atoms with van der Waals surface area (Å²) < 4.78 is 11.3. The maximum Gasteiger partial charge on any atom is 0.265 e. The minimum absolute atomic E-state index is 0.0184. The van der Waals surface area contributed by atoms with Crippen molar-refractivity contribution in [1.29, 1.82) is 0 Å². The topological polar surface area (TPSA) is 67.9 Å². The van der Waals surface area contributed by atoms with Gasteiger partial charge in [0.05, 0.1) is 35.4 Å². The lowest BCUT2D eigenvalue weighted by Crippen LogP contribution is -2.40. The number of nitrogens with one attached hydrogen (secondary N) is 1. The van der Waals surface area contributed by atoms with Gasteiger partial charge in [-0.05, 0) is 42.0 Å². The normalized spacial score (nSPS) is 15.2. The zero-order valence-corrected chi connectivity index (χ0v) is 18.8. The van der Waals surface area contributed by atoms with Crippen molar-refractivity contribution in [1.82, 2.24) is 4.90 Å². The Hall–Kier alpha value is -2.87. The van der Waals surface area contributed by atoms with E-state index in [1.54, 1.807) is 17.0 Å². The van der Waals surface area contributed by atoms with Crippen molar-refractivity contribution in [2.24, 2.45) is 0 Å². The van der Waals surface area contributed by atoms with Crippen LogP contribution in [-0.2, 0) is 11.2 Å². The molecule has 3 heterocycles. The van der Waals surface area contributed by atoms with Crippen LogP contribution in [0.15, 0.2) is 48.5 Å². The Labute approximate surface area is 194 Å². The van der Waals surface area contributed by atoms with Crippen LogP contribution in [0.4, 0.5) is 5.69 Å². The molecule has 6 nitrogen and oxygen atoms in total. The van der Waals surface area contributed by atoms with Gasteiger partial charge < -0.3 is 19.7 Å². The minimum atomic E-state index is -0.197. The average Bonchev–Trinajstić information content (AvgIpc) is 3.17. The van der Waals surface area contributed by atoms with Crippen molar-refractivity contribution in [3.05, 3.63) is 69.6 Å². The largest absolute Gasteiger partial charge is 0.493 e. The van der Waals surface area contributed by atoms with Gasteiger partial charge in [-0.15, -0.1) is 11.3 Å². The highest BCUT2D eigenvalue weighted by Gasteiger charge is 2.24. The fraction of sp³-hybridized carbons (Fsp3) is 0.250. The van der Waals surface area contributed by atoms with E-state index in [9.17, 15) is 9.59 Å². The molecule has 2 aliphatic heterocycles. The maximum absolute atomic E-state index is 12.9. The Morgan fingerprint density at radius 2 is 1.84 bits per heavy atom. The molecule has 2 aromatic carbocycles. The van der Waals surface area contributed by atoms with Crippen LogP contribution in [0.5, 0.6) is 5.75 Å². The number of halogens is 1. The molecule has 2 aliphatic rings. The lowest BCUT2D eigenvalue weighted by molar-refractivity contribution is 0.0302. The molecule has 0 bridgehead atoms. The zero-order chi connectivity index (χ0) is 22.1. The summed E-state index contributed by atoms with van der Waals surface area (Å²) in [5.74, 6) is 0.454. The molecule has 0 aliphatic carbocycles. The molecule has 0 atom stereocenters. The molecular weight excluding hydrogens is 448 g/mol. The number of anilines is 1. The van der Waals surface area contributed by atoms with Crippen LogP contribution < -0.4 is 10.1 Å². The van der Waals surface area contributed by atoms with E-state index in [1.807, 2.05) is 36.4 Å². The molecular formula is C24H21ClN2O4S. The Bertz CT molecular complexity index is 1190. The van der Waals surface area contributed by atoms with E-state index in [0.29, 0.717) is 66.2 Å². The molecule has 1 fully saturated rings. The summed E-state index contributed by atoms with van der Waals surface area (Å²) in [6, 6.07) is 14.6. The van der Waals surface area contributed by atoms with Gasteiger partial charge >= 0.3 is 0 Å². The van der Waals surface area contributed by atoms with Crippen molar-refractivity contribution in [3.63, 3.8) is 0 Å². The summed E-state index contributed by atoms with van der Waals surface area (Å²) in [6.45, 7) is 2.79. The van der Waals surface area contributed by atoms with E-state index in [-0.39, 0.29) is 11.8 Å². The van der Waals surface area contributed by atoms with Gasteiger partial charge in [0, 0.05) is 35.5 Å². The molecule has 1 N–H and O–H groups in total. The van der Waals surface area contributed by atoms with Gasteiger partial charge in [-0.25, -0.2) is 0 Å². The van der Waals surface area contributed by atoms with Crippen molar-refractivity contribution < 1.29 is 19.1 Å². The summed E-state index contributed by atoms with van der Waals surface area (Å²) >= 11 is 7.60. The Morgan fingerprint density at radius 1 is 1.03 bits per heavy atom. The van der Waals surface area contributed by atoms with Gasteiger partial charge in [0.25, 0.3) is 11.8 Å². The van der Waals surface area contributed by atoms with E-state index in [1.165, 1.54) is 11.3 Å². The first-order valence-corrected chi connectivity index (χ1v) is 11.6. The number of rotatable bonds is 3. The molecule has 5 rings (SSSR count). The fourth-order valence-electron chi connectivity index (χ4n) is 3.88. The number of nitrogens with zero attached hydrogens (tertiary/aromatic N) is 1. The quantitative estimate of drug-likeness (QED) is 0.603. The van der Waals surface area contributed by atoms with Crippen LogP contribution in [0.3, 0.4) is 0 Å². The second kappa shape index (κ2) is 8.94. The van der Waals surface area contributed by atoms with Crippen molar-refractivity contribution in [2.75, 3.05) is 38.2 Å². The highest BCUT2D eigenvalue weighted by molar-refractivity contribution is 7.17. The molecule has 2 amide bonds. The van der Waals surface area contributed by atoms with Gasteiger partial charge in [0.2, 0.25) is 0 Å². The van der Waals surface area contributed by atoms with E-state index in [4.69, 9.17) is 21.1 Å². The summed E-state index contributed by atoms with van der Waals surface area (Å²) in [5.41, 5.74) is 3.14. The van der Waals surface area contributed by atoms with Gasteiger partial charge in [-0.1, -0.05) is 23.7 Å². The molecule has 0 saturated carbocycles. The molecule has 32 heavy (non-hydrogen) atoms. The number of hydrogen-bond donors (Lipinski definition) is 1. The van der Waals surface area contributed by atoms with Crippen LogP contribution in [-0.4, -0.2) is 49.6 Å². The molecule has 8 heteroatoms. The zero-order valence-electron chi connectivity index (χ0n) is 17.2. The molecule has 0 spiro atoms. The van der Waals surface area contributed by atoms with E-state index < -0.39 is 0 Å². The van der Waals surface area contributed by atoms with Crippen LogP contribution in [0.2, 0.25) is 5.02 Å². The number of carbonyl (C=O) groups excluding carboxylic acids is 2. The highest BCUT2D eigenvalue weighted by Crippen LogP contribution is 2.41. The summed E-state index contributed by atoms with van der Waals surface area (Å²) in [7, 11) is 0. The second-order valence-corrected chi connectivity index (χ2v) is 9.07. The van der Waals surface area contributed by atoms with Gasteiger partial charge in [0.15, 0.2) is 0 Å². The molecule has 1 saturated heterocycles. The number of ether oxygens (including phenoxy) is 2. The standard InChI is InChI=1S/C24H21ClN2O4S/c25-18-3-1-2-4-19(18)26-23(28)21-14-15-7-10-31-20-13-16(5-6-17(20)22(15)32-21)24(29)27-8-11-30-12-9-27/h1-6,13-14H,7-12H2,(H,26,28). The summed E-state index contributed by atoms with van der Waals surface area (Å²) in [4.78, 5) is 29.1. The lowest BCUT2D eigenvalue weighted by atomic mass is 10.0. The van der Waals surface area contributed by atoms with E-state index >= 15 is 0 Å². The molecule has 0 unspecified atom stereocenters. The number of carbonyl (C=O) groups is 2. The maximum atomic E-state index is 12.9. The first-order chi connectivity index (χ1) is 15.6. The van der Waals surface area contributed by atoms with Crippen LogP contribution in [0.1, 0.15) is 25.6 Å². The number of fused-ring (bicyclic) bond motifs is 3. The smallest absolute Gasteiger partial charge is 0.265 e. The average molecular weight is 469 g/mol. The third kappa shape index (κ3) is 4.11. The Balaban J connectivity index is 1.42. The van der Waals surface area contributed by atoms with E-state index in [0.717, 1.165) is 16.0 Å². The molecule has 0 radical (unpaired) electrons. The Kier molecular flexibility index (Phi) is 5.87. The lowest BCUT2D eigenvalue weighted by Gasteiger charge is -2.27. The number of benzene rings is 2. The highest BCUT2D eigenvalue weighted by atomic mass is 35.5. The predicted molar refractivity (Wildman–Crippen MR) is 125 cm³/mol. The van der Waals surface area contributed by atoms with Gasteiger partial charge in [-0.2, -0.15) is 0 Å². The van der Waals surface area contributed by atoms with Crippen LogP contribution >= 0.6 is 22.9 Å². The number of amides is 2. The SMILES string of the molecule is O=C(Nc1ccccc1Cl)c1cc2c(s1)-c1ccc(C(=O)N3CCOCC3)cc1OCC2. The Morgan fingerprint density at radius 3 is 2.66 bits per heavy atom. The van der Waals surface area contributed by atoms with Crippen molar-refractivity contribution in [3.8, 4) is 16.2 Å². The minimum Gasteiger partial charge on any atom is -0.493 e. The molecule has 3 aromatic rings. The number of hydrogen-bond acceptors (Lipinski definition) is 5. The third-order valence-electron chi connectivity index (χ3n) is 5.56. The van der Waals surface area contributed by atoms with E-state index in [2.05, 4.69) is 5.32 Å². The van der Waals surface area contributed by atoms with Crippen molar-refractivity contribution >= 4 is 40.4 Å². The van der Waals surface area contributed by atoms with Gasteiger partial charge in [0.1, 0.15) is 5.75 Å². The second-order valence-electron chi connectivity index (χ2n) is 7.61. The predicted octanol–water partition coefficient (Wildman–Crippen LogP) is 4.73. The molecule has 164 valence electrons. The number of morpholine rings is 1. The summed E-state index contributed by atoms with van der Waals surface area (Å²) in [6.07, 6.45) is 0.687. The van der Waals surface area contributed by atoms with Gasteiger partial charge in [-0.3, -0.25) is 9.59 Å².